The van der Waals surface area contributed by atoms with E-state index in [1.54, 1.807) is 24.3 Å². The summed E-state index contributed by atoms with van der Waals surface area (Å²) in [5.41, 5.74) is 0.674. The van der Waals surface area contributed by atoms with Crippen molar-refractivity contribution < 1.29 is 9.53 Å². The Balaban J connectivity index is 2.53. The van der Waals surface area contributed by atoms with Crippen LogP contribution < -0.4 is 5.32 Å². The smallest absolute Gasteiger partial charge is 0.223 e. The van der Waals surface area contributed by atoms with Crippen molar-refractivity contribution in [3.63, 3.8) is 0 Å². The summed E-state index contributed by atoms with van der Waals surface area (Å²) in [5.74, 6) is -0.216. The minimum Gasteiger partial charge on any atom is -0.378 e. The van der Waals surface area contributed by atoms with Crippen LogP contribution in [-0.4, -0.2) is 18.6 Å². The summed E-state index contributed by atoms with van der Waals surface area (Å²) in [6, 6.07) is 8.24. The van der Waals surface area contributed by atoms with E-state index in [9.17, 15) is 4.79 Å². The number of hydrogen-bond donors (Lipinski definition) is 1. The highest BCUT2D eigenvalue weighted by molar-refractivity contribution is 6.30. The second-order valence-corrected chi connectivity index (χ2v) is 4.79. The maximum Gasteiger partial charge on any atom is 0.223 e. The molecule has 1 aromatic rings. The molecule has 0 aliphatic rings. The Hall–Kier alpha value is -1.57. The van der Waals surface area contributed by atoms with Crippen LogP contribution >= 0.6 is 11.6 Å². The van der Waals surface area contributed by atoms with E-state index in [0.717, 1.165) is 0 Å². The molecule has 0 bridgehead atoms. The van der Waals surface area contributed by atoms with E-state index in [-0.39, 0.29) is 18.4 Å². The summed E-state index contributed by atoms with van der Waals surface area (Å²) in [6.07, 6.45) is 0.323. The van der Waals surface area contributed by atoms with Crippen molar-refractivity contribution in [2.24, 2.45) is 0 Å². The van der Waals surface area contributed by atoms with Crippen LogP contribution in [0, 0.1) is 11.3 Å². The molecule has 1 atom stereocenters. The summed E-state index contributed by atoms with van der Waals surface area (Å²) in [5, 5.41) is 12.3. The first-order chi connectivity index (χ1) is 9.02. The van der Waals surface area contributed by atoms with Crippen LogP contribution in [0.1, 0.15) is 31.9 Å². The number of nitrogens with one attached hydrogen (secondary N) is 1. The Kier molecular flexibility index (Phi) is 6.34. The fourth-order valence-corrected chi connectivity index (χ4v) is 1.70. The Morgan fingerprint density at radius 3 is 2.84 bits per heavy atom. The molecule has 1 unspecified atom stereocenters. The van der Waals surface area contributed by atoms with Gasteiger partial charge in [0, 0.05) is 5.02 Å². The number of hydrogen-bond acceptors (Lipinski definition) is 3. The van der Waals surface area contributed by atoms with Gasteiger partial charge >= 0.3 is 0 Å². The standard InChI is InChI=1S/C14H17ClN2O2/c1-10(2)19-7-6-14(18)17-13(9-16)11-4-3-5-12(15)8-11/h3-5,8,10,13H,6-7H2,1-2H3,(H,17,18). The van der Waals surface area contributed by atoms with Gasteiger partial charge in [0.25, 0.3) is 0 Å². The molecule has 0 aliphatic heterocycles. The normalized spacial score (nSPS) is 11.9. The van der Waals surface area contributed by atoms with Crippen molar-refractivity contribution >= 4 is 17.5 Å². The van der Waals surface area contributed by atoms with E-state index < -0.39 is 6.04 Å². The third-order valence-corrected chi connectivity index (χ3v) is 2.63. The number of nitrogens with zero attached hydrogens (tertiary/aromatic N) is 1. The van der Waals surface area contributed by atoms with Crippen molar-refractivity contribution in [3.05, 3.63) is 34.9 Å². The summed E-state index contributed by atoms with van der Waals surface area (Å²) >= 11 is 5.86. The summed E-state index contributed by atoms with van der Waals surface area (Å²) < 4.78 is 5.29. The quantitative estimate of drug-likeness (QED) is 0.871. The number of rotatable bonds is 6. The van der Waals surface area contributed by atoms with Crippen molar-refractivity contribution in [3.8, 4) is 6.07 Å². The zero-order valence-corrected chi connectivity index (χ0v) is 11.8. The molecule has 0 saturated heterocycles. The fourth-order valence-electron chi connectivity index (χ4n) is 1.50. The second kappa shape index (κ2) is 7.78. The molecule has 19 heavy (non-hydrogen) atoms. The number of ether oxygens (including phenoxy) is 1. The highest BCUT2D eigenvalue weighted by Gasteiger charge is 2.14. The lowest BCUT2D eigenvalue weighted by molar-refractivity contribution is -0.122. The van der Waals surface area contributed by atoms with Gasteiger partial charge in [-0.15, -0.1) is 0 Å². The Labute approximate surface area is 118 Å². The SMILES string of the molecule is CC(C)OCCC(=O)NC(C#N)c1cccc(Cl)c1. The van der Waals surface area contributed by atoms with Gasteiger partial charge in [-0.05, 0) is 31.5 Å². The van der Waals surface area contributed by atoms with E-state index in [2.05, 4.69) is 5.32 Å². The molecule has 0 spiro atoms. The van der Waals surface area contributed by atoms with E-state index in [1.165, 1.54) is 0 Å². The number of carbonyl (C=O) groups is 1. The third-order valence-electron chi connectivity index (χ3n) is 2.40. The molecule has 1 amide bonds. The van der Waals surface area contributed by atoms with Crippen LogP contribution in [0.3, 0.4) is 0 Å². The van der Waals surface area contributed by atoms with Crippen LogP contribution in [0.4, 0.5) is 0 Å². The van der Waals surface area contributed by atoms with Crippen LogP contribution in [0.2, 0.25) is 5.02 Å². The van der Waals surface area contributed by atoms with E-state index >= 15 is 0 Å². The zero-order valence-electron chi connectivity index (χ0n) is 11.0. The van der Waals surface area contributed by atoms with Gasteiger partial charge in [0.05, 0.1) is 25.2 Å². The number of benzene rings is 1. The van der Waals surface area contributed by atoms with Crippen molar-refractivity contribution in [2.75, 3.05) is 6.61 Å². The first-order valence-electron chi connectivity index (χ1n) is 6.09. The molecule has 0 radical (unpaired) electrons. The first kappa shape index (κ1) is 15.5. The molecule has 1 rings (SSSR count). The fraction of sp³-hybridized carbons (Fsp3) is 0.429. The monoisotopic (exact) mass is 280 g/mol. The first-order valence-corrected chi connectivity index (χ1v) is 6.46. The van der Waals surface area contributed by atoms with Gasteiger partial charge in [0.2, 0.25) is 5.91 Å². The minimum atomic E-state index is -0.690. The predicted octanol–water partition coefficient (Wildman–Crippen LogP) is 2.84. The van der Waals surface area contributed by atoms with Gasteiger partial charge < -0.3 is 10.1 Å². The predicted molar refractivity (Wildman–Crippen MR) is 73.7 cm³/mol. The lowest BCUT2D eigenvalue weighted by Crippen LogP contribution is -2.28. The van der Waals surface area contributed by atoms with Gasteiger partial charge in [-0.25, -0.2) is 0 Å². The number of amides is 1. The summed E-state index contributed by atoms with van der Waals surface area (Å²) in [6.45, 7) is 4.15. The topological polar surface area (TPSA) is 62.1 Å². The van der Waals surface area contributed by atoms with Crippen LogP contribution in [0.5, 0.6) is 0 Å². The Morgan fingerprint density at radius 2 is 2.26 bits per heavy atom. The molecule has 4 nitrogen and oxygen atoms in total. The number of nitriles is 1. The molecule has 0 saturated carbocycles. The van der Waals surface area contributed by atoms with Crippen LogP contribution in [-0.2, 0) is 9.53 Å². The molecule has 1 N–H and O–H groups in total. The molecule has 0 heterocycles. The average Bonchev–Trinajstić information content (AvgIpc) is 2.35. The summed E-state index contributed by atoms with van der Waals surface area (Å²) in [4.78, 5) is 11.7. The molecule has 1 aromatic carbocycles. The third kappa shape index (κ3) is 5.73. The minimum absolute atomic E-state index is 0.0903. The van der Waals surface area contributed by atoms with Crippen molar-refractivity contribution in [1.29, 1.82) is 5.26 Å². The highest BCUT2D eigenvalue weighted by Crippen LogP contribution is 2.17. The zero-order chi connectivity index (χ0) is 14.3. The van der Waals surface area contributed by atoms with Gasteiger partial charge in [0.15, 0.2) is 0 Å². The Bertz CT molecular complexity index is 469. The maximum atomic E-state index is 11.7. The molecule has 102 valence electrons. The van der Waals surface area contributed by atoms with Crippen molar-refractivity contribution in [2.45, 2.75) is 32.4 Å². The second-order valence-electron chi connectivity index (χ2n) is 4.35. The van der Waals surface area contributed by atoms with E-state index in [4.69, 9.17) is 21.6 Å². The molecular formula is C14H17ClN2O2. The average molecular weight is 281 g/mol. The largest absolute Gasteiger partial charge is 0.378 e. The van der Waals surface area contributed by atoms with Crippen LogP contribution in [0.25, 0.3) is 0 Å². The summed E-state index contributed by atoms with van der Waals surface area (Å²) in [7, 11) is 0. The molecule has 0 aromatic heterocycles. The van der Waals surface area contributed by atoms with E-state index in [1.807, 2.05) is 19.9 Å². The Morgan fingerprint density at radius 1 is 1.53 bits per heavy atom. The molecule has 0 fully saturated rings. The highest BCUT2D eigenvalue weighted by atomic mass is 35.5. The van der Waals surface area contributed by atoms with Crippen molar-refractivity contribution in [1.82, 2.24) is 5.32 Å². The van der Waals surface area contributed by atoms with E-state index in [0.29, 0.717) is 17.2 Å². The van der Waals surface area contributed by atoms with Crippen LogP contribution in [0.15, 0.2) is 24.3 Å². The number of halogens is 1. The van der Waals surface area contributed by atoms with Gasteiger partial charge in [-0.2, -0.15) is 5.26 Å². The van der Waals surface area contributed by atoms with Gasteiger partial charge in [-0.1, -0.05) is 23.7 Å². The molecule has 0 aliphatic carbocycles. The lowest BCUT2D eigenvalue weighted by Gasteiger charge is -2.13. The van der Waals surface area contributed by atoms with Gasteiger partial charge in [0.1, 0.15) is 6.04 Å². The lowest BCUT2D eigenvalue weighted by atomic mass is 10.1. The molecular weight excluding hydrogens is 264 g/mol. The maximum absolute atomic E-state index is 11.7. The molecule has 5 heteroatoms. The van der Waals surface area contributed by atoms with Gasteiger partial charge in [-0.3, -0.25) is 4.79 Å². The number of carbonyl (C=O) groups excluding carboxylic acids is 1.